The van der Waals surface area contributed by atoms with Crippen LogP contribution in [0.15, 0.2) is 36.4 Å². The van der Waals surface area contributed by atoms with Crippen molar-refractivity contribution >= 4 is 0 Å². The van der Waals surface area contributed by atoms with Gasteiger partial charge in [0.05, 0.1) is 0 Å². The second kappa shape index (κ2) is 3.77. The summed E-state index contributed by atoms with van der Waals surface area (Å²) < 4.78 is 38.4. The summed E-state index contributed by atoms with van der Waals surface area (Å²) >= 11 is 0. The highest BCUT2D eigenvalue weighted by Gasteiger charge is 2.04. The van der Waals surface area contributed by atoms with Gasteiger partial charge in [0.1, 0.15) is 5.82 Å². The molecule has 0 spiro atoms. The van der Waals surface area contributed by atoms with E-state index >= 15 is 0 Å². The van der Waals surface area contributed by atoms with Crippen LogP contribution in [0.3, 0.4) is 0 Å². The van der Waals surface area contributed by atoms with E-state index in [4.69, 9.17) is 0 Å². The quantitative estimate of drug-likeness (QED) is 0.670. The molecule has 0 aliphatic heterocycles. The highest BCUT2D eigenvalue weighted by Crippen LogP contribution is 2.21. The van der Waals surface area contributed by atoms with Crippen LogP contribution < -0.4 is 0 Å². The number of hydrogen-bond acceptors (Lipinski definition) is 0. The van der Waals surface area contributed by atoms with Crippen molar-refractivity contribution in [3.63, 3.8) is 0 Å². The standard InChI is InChI=1S/C12H6F3/c13-10-3-1-2-8(6-10)9-4-5-11(14)12(15)7-9/h1,3-7H. The van der Waals surface area contributed by atoms with Gasteiger partial charge in [-0.05, 0) is 41.5 Å². The van der Waals surface area contributed by atoms with Gasteiger partial charge in [0.25, 0.3) is 0 Å². The van der Waals surface area contributed by atoms with E-state index in [1.807, 2.05) is 0 Å². The lowest BCUT2D eigenvalue weighted by Crippen LogP contribution is -1.86. The Hall–Kier alpha value is -1.77. The molecule has 15 heavy (non-hydrogen) atoms. The summed E-state index contributed by atoms with van der Waals surface area (Å²) in [5, 5.41) is 0. The fourth-order valence-corrected chi connectivity index (χ4v) is 1.27. The molecule has 2 aromatic carbocycles. The maximum Gasteiger partial charge on any atom is 0.159 e. The Labute approximate surface area is 85.0 Å². The van der Waals surface area contributed by atoms with Crippen LogP contribution >= 0.6 is 0 Å². The summed E-state index contributed by atoms with van der Waals surface area (Å²) in [5.74, 6) is -2.31. The van der Waals surface area contributed by atoms with Gasteiger partial charge in [-0.1, -0.05) is 12.1 Å². The van der Waals surface area contributed by atoms with Crippen LogP contribution in [0.25, 0.3) is 11.1 Å². The van der Waals surface area contributed by atoms with Crippen molar-refractivity contribution in [2.45, 2.75) is 0 Å². The van der Waals surface area contributed by atoms with E-state index in [2.05, 4.69) is 6.07 Å². The molecule has 0 saturated carbocycles. The maximum atomic E-state index is 12.9. The monoisotopic (exact) mass is 207 g/mol. The first-order chi connectivity index (χ1) is 7.16. The maximum absolute atomic E-state index is 12.9. The minimum absolute atomic E-state index is 0.397. The molecule has 0 fully saturated rings. The molecule has 0 bridgehead atoms. The first kappa shape index (κ1) is 9.77. The first-order valence-corrected chi connectivity index (χ1v) is 4.29. The molecule has 3 heteroatoms. The van der Waals surface area contributed by atoms with Crippen molar-refractivity contribution in [3.8, 4) is 11.1 Å². The summed E-state index contributed by atoms with van der Waals surface area (Å²) in [5.41, 5.74) is 0.794. The van der Waals surface area contributed by atoms with E-state index in [-0.39, 0.29) is 0 Å². The zero-order chi connectivity index (χ0) is 10.8. The van der Waals surface area contributed by atoms with Gasteiger partial charge in [0, 0.05) is 0 Å². The molecule has 0 aromatic heterocycles. The van der Waals surface area contributed by atoms with Gasteiger partial charge in [-0.2, -0.15) is 0 Å². The zero-order valence-electron chi connectivity index (χ0n) is 7.60. The summed E-state index contributed by atoms with van der Waals surface area (Å²) in [7, 11) is 0. The third kappa shape index (κ3) is 2.01. The molecule has 75 valence electrons. The molecule has 0 aliphatic carbocycles. The summed E-state index contributed by atoms with van der Waals surface area (Å²) in [6.45, 7) is 0. The van der Waals surface area contributed by atoms with Crippen LogP contribution in [0.5, 0.6) is 0 Å². The van der Waals surface area contributed by atoms with E-state index in [0.717, 1.165) is 12.1 Å². The Morgan fingerprint density at radius 1 is 0.867 bits per heavy atom. The van der Waals surface area contributed by atoms with E-state index in [0.29, 0.717) is 11.1 Å². The summed E-state index contributed by atoms with van der Waals surface area (Å²) in [4.78, 5) is 0. The van der Waals surface area contributed by atoms with Gasteiger partial charge in [-0.15, -0.1) is 0 Å². The lowest BCUT2D eigenvalue weighted by molar-refractivity contribution is 0.509. The highest BCUT2D eigenvalue weighted by molar-refractivity contribution is 5.62. The minimum Gasteiger partial charge on any atom is -0.207 e. The van der Waals surface area contributed by atoms with Gasteiger partial charge < -0.3 is 0 Å². The molecule has 0 heterocycles. The average Bonchev–Trinajstić information content (AvgIpc) is 2.22. The minimum atomic E-state index is -0.954. The third-order valence-corrected chi connectivity index (χ3v) is 1.99. The third-order valence-electron chi connectivity index (χ3n) is 1.99. The Balaban J connectivity index is 2.50. The lowest BCUT2D eigenvalue weighted by Gasteiger charge is -2.01. The number of hydrogen-bond donors (Lipinski definition) is 0. The van der Waals surface area contributed by atoms with Crippen LogP contribution in [0.4, 0.5) is 13.2 Å². The smallest absolute Gasteiger partial charge is 0.159 e. The molecular weight excluding hydrogens is 201 g/mol. The topological polar surface area (TPSA) is 0 Å². The van der Waals surface area contributed by atoms with Gasteiger partial charge in [-0.3, -0.25) is 0 Å². The Bertz CT molecular complexity index is 492. The number of halogens is 3. The second-order valence-electron chi connectivity index (χ2n) is 3.05. The predicted octanol–water partition coefficient (Wildman–Crippen LogP) is 3.57. The largest absolute Gasteiger partial charge is 0.207 e. The fourth-order valence-electron chi connectivity index (χ4n) is 1.27. The average molecular weight is 207 g/mol. The van der Waals surface area contributed by atoms with Gasteiger partial charge >= 0.3 is 0 Å². The SMILES string of the molecule is Fc1cc[c]c(-c2ccc(F)c(F)c2)c1. The predicted molar refractivity (Wildman–Crippen MR) is 50.6 cm³/mol. The fraction of sp³-hybridized carbons (Fsp3) is 0. The summed E-state index contributed by atoms with van der Waals surface area (Å²) in [6, 6.07) is 9.99. The Morgan fingerprint density at radius 2 is 1.67 bits per heavy atom. The molecule has 2 rings (SSSR count). The van der Waals surface area contributed by atoms with Crippen LogP contribution in [0.1, 0.15) is 0 Å². The molecule has 2 aromatic rings. The molecular formula is C12H6F3. The van der Waals surface area contributed by atoms with Crippen LogP contribution in [0, 0.1) is 23.5 Å². The van der Waals surface area contributed by atoms with E-state index in [1.165, 1.54) is 24.3 Å². The molecule has 0 atom stereocenters. The zero-order valence-corrected chi connectivity index (χ0v) is 7.60. The van der Waals surface area contributed by atoms with Gasteiger partial charge in [0.2, 0.25) is 0 Å². The van der Waals surface area contributed by atoms with E-state index < -0.39 is 17.5 Å². The number of rotatable bonds is 1. The normalized spacial score (nSPS) is 10.3. The van der Waals surface area contributed by atoms with Crippen molar-refractivity contribution in [1.82, 2.24) is 0 Å². The molecule has 0 unspecified atom stereocenters. The summed E-state index contributed by atoms with van der Waals surface area (Å²) in [6.07, 6.45) is 0. The van der Waals surface area contributed by atoms with Crippen molar-refractivity contribution in [3.05, 3.63) is 59.9 Å². The molecule has 0 aliphatic rings. The van der Waals surface area contributed by atoms with Crippen molar-refractivity contribution < 1.29 is 13.2 Å². The first-order valence-electron chi connectivity index (χ1n) is 4.29. The Morgan fingerprint density at radius 3 is 2.33 bits per heavy atom. The second-order valence-corrected chi connectivity index (χ2v) is 3.05. The van der Waals surface area contributed by atoms with E-state index in [1.54, 1.807) is 0 Å². The van der Waals surface area contributed by atoms with Crippen molar-refractivity contribution in [2.24, 2.45) is 0 Å². The number of benzene rings is 2. The molecule has 0 N–H and O–H groups in total. The molecule has 0 nitrogen and oxygen atoms in total. The van der Waals surface area contributed by atoms with Crippen LogP contribution in [-0.4, -0.2) is 0 Å². The molecule has 0 saturated heterocycles. The van der Waals surface area contributed by atoms with Crippen LogP contribution in [0.2, 0.25) is 0 Å². The van der Waals surface area contributed by atoms with Gasteiger partial charge in [0.15, 0.2) is 11.6 Å². The van der Waals surface area contributed by atoms with Crippen molar-refractivity contribution in [1.29, 1.82) is 0 Å². The van der Waals surface area contributed by atoms with E-state index in [9.17, 15) is 13.2 Å². The molecule has 1 radical (unpaired) electrons. The van der Waals surface area contributed by atoms with Gasteiger partial charge in [-0.25, -0.2) is 13.2 Å². The van der Waals surface area contributed by atoms with Crippen molar-refractivity contribution in [2.75, 3.05) is 0 Å². The molecule has 0 amide bonds. The Kier molecular flexibility index (Phi) is 2.46. The lowest BCUT2D eigenvalue weighted by atomic mass is 10.1. The highest BCUT2D eigenvalue weighted by atomic mass is 19.2. The van der Waals surface area contributed by atoms with Crippen LogP contribution in [-0.2, 0) is 0 Å².